The van der Waals surface area contributed by atoms with E-state index >= 15 is 8.78 Å². The molecule has 5 heterocycles. The lowest BCUT2D eigenvalue weighted by Crippen LogP contribution is -2.67. The van der Waals surface area contributed by atoms with E-state index in [1.807, 2.05) is 24.3 Å². The van der Waals surface area contributed by atoms with Crippen LogP contribution in [0.3, 0.4) is 0 Å². The van der Waals surface area contributed by atoms with Crippen molar-refractivity contribution in [2.24, 2.45) is 0 Å². The summed E-state index contributed by atoms with van der Waals surface area (Å²) >= 11 is 0. The molecule has 8 rings (SSSR count). The number of aromatic hydroxyl groups is 1. The van der Waals surface area contributed by atoms with Crippen LogP contribution in [0, 0.1) is 11.6 Å². The van der Waals surface area contributed by atoms with Crippen molar-refractivity contribution in [1.82, 2.24) is 20.6 Å². The Bertz CT molecular complexity index is 1620. The van der Waals surface area contributed by atoms with Crippen LogP contribution in [0.5, 0.6) is 5.75 Å². The number of rotatable bonds is 3. The van der Waals surface area contributed by atoms with E-state index in [0.29, 0.717) is 45.6 Å². The Labute approximate surface area is 224 Å². The van der Waals surface area contributed by atoms with Gasteiger partial charge in [0.25, 0.3) is 0 Å². The van der Waals surface area contributed by atoms with Gasteiger partial charge in [-0.3, -0.25) is 0 Å². The number of hydrogen-bond acceptors (Lipinski definition) is 7. The molecule has 4 fully saturated rings. The van der Waals surface area contributed by atoms with Crippen molar-refractivity contribution in [3.8, 4) is 16.9 Å². The second-order valence-corrected chi connectivity index (χ2v) is 11.7. The Morgan fingerprint density at radius 3 is 2.51 bits per heavy atom. The number of hydrogen-bond donors (Lipinski definition) is 3. The molecule has 1 spiro atoms. The summed E-state index contributed by atoms with van der Waals surface area (Å²) in [5.41, 5.74) is 0.329. The SMILES string of the molecule is Oc1cc(-c2c(F)cc3c(N4CC5CCC(C4)N5)nc(N4CC5(CCCN5)C4)nc3c2F)c2ccccc2c1. The van der Waals surface area contributed by atoms with Crippen LogP contribution in [0.4, 0.5) is 20.5 Å². The molecule has 1 aromatic heterocycles. The first-order chi connectivity index (χ1) is 19.0. The number of phenols is 1. The predicted molar refractivity (Wildman–Crippen MR) is 148 cm³/mol. The summed E-state index contributed by atoms with van der Waals surface area (Å²) in [6.07, 6.45) is 4.44. The molecule has 2 unspecified atom stereocenters. The smallest absolute Gasteiger partial charge is 0.228 e. The van der Waals surface area contributed by atoms with Crippen molar-refractivity contribution < 1.29 is 13.9 Å². The van der Waals surface area contributed by atoms with Crippen molar-refractivity contribution in [3.63, 3.8) is 0 Å². The quantitative estimate of drug-likeness (QED) is 0.366. The molecule has 0 amide bonds. The largest absolute Gasteiger partial charge is 0.508 e. The third-order valence-corrected chi connectivity index (χ3v) is 9.08. The van der Waals surface area contributed by atoms with Gasteiger partial charge in [-0.2, -0.15) is 4.98 Å². The van der Waals surface area contributed by atoms with Crippen LogP contribution in [0.15, 0.2) is 42.5 Å². The zero-order valence-electron chi connectivity index (χ0n) is 21.6. The van der Waals surface area contributed by atoms with Crippen LogP contribution in [-0.2, 0) is 0 Å². The molecule has 2 atom stereocenters. The molecule has 0 saturated carbocycles. The van der Waals surface area contributed by atoms with E-state index in [4.69, 9.17) is 9.97 Å². The molecular formula is C30H30F2N6O. The number of halogens is 2. The topological polar surface area (TPSA) is 76.6 Å². The van der Waals surface area contributed by atoms with Crippen LogP contribution < -0.4 is 20.4 Å². The highest BCUT2D eigenvalue weighted by Gasteiger charge is 2.46. The molecule has 200 valence electrons. The zero-order chi connectivity index (χ0) is 26.3. The molecule has 3 aromatic carbocycles. The van der Waals surface area contributed by atoms with Gasteiger partial charge >= 0.3 is 0 Å². The molecule has 4 aliphatic heterocycles. The van der Waals surface area contributed by atoms with Crippen molar-refractivity contribution >= 4 is 33.4 Å². The highest BCUT2D eigenvalue weighted by Crippen LogP contribution is 2.41. The van der Waals surface area contributed by atoms with Crippen LogP contribution in [0.1, 0.15) is 25.7 Å². The standard InChI is InChI=1S/C30H30F2N6O/c31-24-12-23-27(26(32)25(24)22-11-20(39)10-17-4-1-2-5-21(17)22)35-29(38-15-30(16-38)8-3-9-33-30)36-28(23)37-13-18-6-7-19(14-37)34-18/h1-2,4-5,10-12,18-19,33-34,39H,3,6-9,13-16H2. The Kier molecular flexibility index (Phi) is 5.07. The van der Waals surface area contributed by atoms with Gasteiger partial charge in [0.1, 0.15) is 22.9 Å². The number of piperazine rings is 1. The maximum Gasteiger partial charge on any atom is 0.228 e. The van der Waals surface area contributed by atoms with Crippen molar-refractivity contribution in [3.05, 3.63) is 54.1 Å². The summed E-state index contributed by atoms with van der Waals surface area (Å²) in [6, 6.07) is 12.4. The maximum atomic E-state index is 16.6. The molecule has 2 bridgehead atoms. The molecule has 39 heavy (non-hydrogen) atoms. The number of fused-ring (bicyclic) bond motifs is 4. The van der Waals surface area contributed by atoms with Gasteiger partial charge in [-0.1, -0.05) is 24.3 Å². The fourth-order valence-corrected chi connectivity index (χ4v) is 7.23. The van der Waals surface area contributed by atoms with E-state index in [-0.39, 0.29) is 22.4 Å². The van der Waals surface area contributed by atoms with Gasteiger partial charge in [-0.05, 0) is 66.8 Å². The number of aromatic nitrogens is 2. The highest BCUT2D eigenvalue weighted by molar-refractivity contribution is 6.01. The third kappa shape index (κ3) is 3.67. The molecule has 7 nitrogen and oxygen atoms in total. The second-order valence-electron chi connectivity index (χ2n) is 11.7. The lowest BCUT2D eigenvalue weighted by Gasteiger charge is -2.48. The number of benzene rings is 3. The average Bonchev–Trinajstić information content (AvgIpc) is 3.54. The monoisotopic (exact) mass is 528 g/mol. The summed E-state index contributed by atoms with van der Waals surface area (Å²) in [4.78, 5) is 14.0. The number of phenolic OH excluding ortho intramolecular Hbond substituents is 1. The van der Waals surface area contributed by atoms with Gasteiger partial charge in [0, 0.05) is 43.6 Å². The molecule has 9 heteroatoms. The van der Waals surface area contributed by atoms with Crippen LogP contribution >= 0.6 is 0 Å². The first kappa shape index (κ1) is 23.3. The first-order valence-corrected chi connectivity index (χ1v) is 13.9. The van der Waals surface area contributed by atoms with E-state index in [9.17, 15) is 5.11 Å². The highest BCUT2D eigenvalue weighted by atomic mass is 19.1. The first-order valence-electron chi connectivity index (χ1n) is 13.9. The minimum Gasteiger partial charge on any atom is -0.508 e. The van der Waals surface area contributed by atoms with Gasteiger partial charge in [0.05, 0.1) is 11.1 Å². The third-order valence-electron chi connectivity index (χ3n) is 9.08. The van der Waals surface area contributed by atoms with E-state index < -0.39 is 11.6 Å². The predicted octanol–water partition coefficient (Wildman–Crippen LogP) is 4.32. The van der Waals surface area contributed by atoms with Gasteiger partial charge in [-0.25, -0.2) is 13.8 Å². The lowest BCUT2D eigenvalue weighted by molar-refractivity contribution is 0.291. The van der Waals surface area contributed by atoms with Crippen molar-refractivity contribution in [1.29, 1.82) is 0 Å². The minimum absolute atomic E-state index is 0.0436. The van der Waals surface area contributed by atoms with Gasteiger partial charge in [-0.15, -0.1) is 0 Å². The Hall–Kier alpha value is -3.56. The number of anilines is 2. The molecule has 4 aliphatic rings. The summed E-state index contributed by atoms with van der Waals surface area (Å²) < 4.78 is 32.5. The van der Waals surface area contributed by atoms with E-state index in [1.54, 1.807) is 6.07 Å². The second kappa shape index (κ2) is 8.47. The maximum absolute atomic E-state index is 16.6. The van der Waals surface area contributed by atoms with Gasteiger partial charge < -0.3 is 25.5 Å². The fraction of sp³-hybridized carbons (Fsp3) is 0.400. The van der Waals surface area contributed by atoms with E-state index in [0.717, 1.165) is 58.4 Å². The van der Waals surface area contributed by atoms with Gasteiger partial charge in [0.2, 0.25) is 5.95 Å². The molecule has 4 saturated heterocycles. The van der Waals surface area contributed by atoms with Crippen LogP contribution in [0.25, 0.3) is 32.8 Å². The van der Waals surface area contributed by atoms with Crippen LogP contribution in [0.2, 0.25) is 0 Å². The fourth-order valence-electron chi connectivity index (χ4n) is 7.23. The summed E-state index contributed by atoms with van der Waals surface area (Å²) in [6.45, 7) is 4.05. The van der Waals surface area contributed by atoms with E-state index in [1.165, 1.54) is 12.1 Å². The number of nitrogens with zero attached hydrogens (tertiary/aromatic N) is 4. The van der Waals surface area contributed by atoms with Gasteiger partial charge in [0.15, 0.2) is 5.82 Å². The van der Waals surface area contributed by atoms with E-state index in [2.05, 4.69) is 20.4 Å². The van der Waals surface area contributed by atoms with Crippen molar-refractivity contribution in [2.75, 3.05) is 42.5 Å². The molecule has 0 aliphatic carbocycles. The molecular weight excluding hydrogens is 498 g/mol. The minimum atomic E-state index is -0.724. The Morgan fingerprint density at radius 2 is 1.74 bits per heavy atom. The average molecular weight is 529 g/mol. The summed E-state index contributed by atoms with van der Waals surface area (Å²) in [5, 5.41) is 19.4. The lowest BCUT2D eigenvalue weighted by atomic mass is 9.89. The number of nitrogens with one attached hydrogen (secondary N) is 2. The van der Waals surface area contributed by atoms with Crippen molar-refractivity contribution in [2.45, 2.75) is 43.3 Å². The Balaban J connectivity index is 1.32. The van der Waals surface area contributed by atoms with Crippen LogP contribution in [-0.4, -0.2) is 65.4 Å². The summed E-state index contributed by atoms with van der Waals surface area (Å²) in [7, 11) is 0. The molecule has 3 N–H and O–H groups in total. The Morgan fingerprint density at radius 1 is 0.949 bits per heavy atom. The molecule has 0 radical (unpaired) electrons. The molecule has 4 aromatic rings. The zero-order valence-corrected chi connectivity index (χ0v) is 21.6. The summed E-state index contributed by atoms with van der Waals surface area (Å²) in [5.74, 6) is -0.376. The normalized spacial score (nSPS) is 23.7.